The number of nitrogens with zero attached hydrogens (tertiary/aromatic N) is 2. The van der Waals surface area contributed by atoms with Crippen LogP contribution in [0, 0.1) is 0 Å². The summed E-state index contributed by atoms with van der Waals surface area (Å²) in [5, 5.41) is 5.76. The Bertz CT molecular complexity index is 1100. The van der Waals surface area contributed by atoms with Crippen LogP contribution < -0.4 is 10.2 Å². The number of halogens is 2. The van der Waals surface area contributed by atoms with Crippen molar-refractivity contribution in [3.63, 3.8) is 0 Å². The van der Waals surface area contributed by atoms with Gasteiger partial charge in [0.15, 0.2) is 0 Å². The van der Waals surface area contributed by atoms with E-state index in [2.05, 4.69) is 31.4 Å². The molecule has 0 aliphatic rings. The van der Waals surface area contributed by atoms with Crippen molar-refractivity contribution >= 4 is 60.4 Å². The molecule has 0 bridgehead atoms. The van der Waals surface area contributed by atoms with Gasteiger partial charge < -0.3 is 4.74 Å². The van der Waals surface area contributed by atoms with Crippen LogP contribution in [-0.4, -0.2) is 11.2 Å². The first-order chi connectivity index (χ1) is 13.7. The van der Waals surface area contributed by atoms with Crippen LogP contribution in [0.25, 0.3) is 10.2 Å². The van der Waals surface area contributed by atoms with E-state index >= 15 is 0 Å². The van der Waals surface area contributed by atoms with Gasteiger partial charge in [0, 0.05) is 5.02 Å². The zero-order valence-electron chi connectivity index (χ0n) is 14.6. The molecule has 1 heterocycles. The Morgan fingerprint density at radius 2 is 1.93 bits per heavy atom. The molecule has 0 radical (unpaired) electrons. The summed E-state index contributed by atoms with van der Waals surface area (Å²) in [7, 11) is 0. The van der Waals surface area contributed by atoms with Crippen molar-refractivity contribution in [2.45, 2.75) is 6.61 Å². The summed E-state index contributed by atoms with van der Waals surface area (Å²) in [6.07, 6.45) is 1.75. The van der Waals surface area contributed by atoms with Gasteiger partial charge in [-0.05, 0) is 69.5 Å². The highest BCUT2D eigenvalue weighted by Gasteiger charge is 2.04. The Morgan fingerprint density at radius 1 is 1.11 bits per heavy atom. The van der Waals surface area contributed by atoms with Gasteiger partial charge in [0.05, 0.1) is 20.9 Å². The molecule has 0 fully saturated rings. The number of thiazole rings is 1. The number of hydrazone groups is 1. The van der Waals surface area contributed by atoms with Crippen LogP contribution >= 0.6 is 38.9 Å². The number of hydrogen-bond donors (Lipinski definition) is 1. The number of anilines is 1. The Morgan fingerprint density at radius 3 is 2.71 bits per heavy atom. The zero-order chi connectivity index (χ0) is 19.3. The lowest BCUT2D eigenvalue weighted by molar-refractivity contribution is 0.304. The summed E-state index contributed by atoms with van der Waals surface area (Å²) in [5.74, 6) is 0.770. The van der Waals surface area contributed by atoms with E-state index in [4.69, 9.17) is 16.3 Å². The minimum atomic E-state index is 0.475. The predicted molar refractivity (Wildman–Crippen MR) is 121 cm³/mol. The van der Waals surface area contributed by atoms with Gasteiger partial charge in [-0.15, -0.1) is 0 Å². The molecule has 3 aromatic carbocycles. The number of rotatable bonds is 6. The van der Waals surface area contributed by atoms with E-state index in [1.54, 1.807) is 17.6 Å². The van der Waals surface area contributed by atoms with Crippen LogP contribution in [0.2, 0.25) is 5.02 Å². The summed E-state index contributed by atoms with van der Waals surface area (Å²) in [5.41, 5.74) is 5.96. The molecule has 140 valence electrons. The molecule has 4 nitrogen and oxygen atoms in total. The molecule has 1 N–H and O–H groups in total. The fraction of sp³-hybridized carbons (Fsp3) is 0.0476. The molecule has 28 heavy (non-hydrogen) atoms. The largest absolute Gasteiger partial charge is 0.488 e. The van der Waals surface area contributed by atoms with E-state index in [0.717, 1.165) is 36.7 Å². The van der Waals surface area contributed by atoms with Crippen LogP contribution in [0.3, 0.4) is 0 Å². The molecule has 0 aliphatic heterocycles. The first kappa shape index (κ1) is 18.9. The second-order valence-electron chi connectivity index (χ2n) is 5.96. The third-order valence-electron chi connectivity index (χ3n) is 3.93. The van der Waals surface area contributed by atoms with E-state index in [9.17, 15) is 0 Å². The van der Waals surface area contributed by atoms with Gasteiger partial charge >= 0.3 is 0 Å². The number of benzene rings is 3. The van der Waals surface area contributed by atoms with Crippen LogP contribution in [0.15, 0.2) is 76.3 Å². The third kappa shape index (κ3) is 4.70. The lowest BCUT2D eigenvalue weighted by Crippen LogP contribution is -1.96. The van der Waals surface area contributed by atoms with Crippen molar-refractivity contribution in [3.05, 3.63) is 87.4 Å². The predicted octanol–water partition coefficient (Wildman–Crippen LogP) is 6.74. The Kier molecular flexibility index (Phi) is 5.90. The molecule has 0 spiro atoms. The van der Waals surface area contributed by atoms with E-state index in [1.807, 2.05) is 66.7 Å². The normalized spacial score (nSPS) is 11.2. The van der Waals surface area contributed by atoms with Gasteiger partial charge in [0.2, 0.25) is 5.13 Å². The van der Waals surface area contributed by atoms with Crippen molar-refractivity contribution in [1.82, 2.24) is 4.98 Å². The minimum absolute atomic E-state index is 0.475. The smallest absolute Gasteiger partial charge is 0.204 e. The summed E-state index contributed by atoms with van der Waals surface area (Å²) < 4.78 is 7.86. The summed E-state index contributed by atoms with van der Waals surface area (Å²) >= 11 is 11.0. The molecule has 0 saturated carbocycles. The average molecular weight is 473 g/mol. The number of hydrogen-bond acceptors (Lipinski definition) is 5. The number of ether oxygens (including phenoxy) is 1. The van der Waals surface area contributed by atoms with Gasteiger partial charge in [-0.2, -0.15) is 5.10 Å². The highest BCUT2D eigenvalue weighted by Crippen LogP contribution is 2.27. The Labute approximate surface area is 180 Å². The third-order valence-corrected chi connectivity index (χ3v) is 5.74. The standard InChI is InChI=1S/C21H15BrClN3OS/c22-17-11-15(7-10-19(17)27-13-14-5-8-16(23)9-6-14)12-24-26-21-25-18-3-1-2-4-20(18)28-21/h1-12H,13H2,(H,25,26)/b24-12+. The minimum Gasteiger partial charge on any atom is -0.488 e. The van der Waals surface area contributed by atoms with Gasteiger partial charge in [0.25, 0.3) is 0 Å². The summed E-state index contributed by atoms with van der Waals surface area (Å²) in [4.78, 5) is 4.49. The molecule has 0 atom stereocenters. The van der Waals surface area contributed by atoms with Crippen LogP contribution in [0.1, 0.15) is 11.1 Å². The lowest BCUT2D eigenvalue weighted by atomic mass is 10.2. The van der Waals surface area contributed by atoms with Crippen LogP contribution in [0.5, 0.6) is 5.75 Å². The molecule has 4 rings (SSSR count). The van der Waals surface area contributed by atoms with E-state index in [-0.39, 0.29) is 0 Å². The maximum atomic E-state index is 5.90. The lowest BCUT2D eigenvalue weighted by Gasteiger charge is -2.09. The van der Waals surface area contributed by atoms with E-state index in [0.29, 0.717) is 11.6 Å². The molecule has 0 amide bonds. The van der Waals surface area contributed by atoms with Crippen molar-refractivity contribution in [2.24, 2.45) is 5.10 Å². The van der Waals surface area contributed by atoms with Crippen molar-refractivity contribution < 1.29 is 4.74 Å². The average Bonchev–Trinajstić information content (AvgIpc) is 3.11. The summed E-state index contributed by atoms with van der Waals surface area (Å²) in [6, 6.07) is 21.4. The van der Waals surface area contributed by atoms with Crippen molar-refractivity contribution in [1.29, 1.82) is 0 Å². The molecule has 4 aromatic rings. The second-order valence-corrected chi connectivity index (χ2v) is 8.28. The quantitative estimate of drug-likeness (QED) is 0.250. The number of nitrogens with one attached hydrogen (secondary N) is 1. The molecule has 1 aromatic heterocycles. The Hall–Kier alpha value is -2.41. The molecule has 0 aliphatic carbocycles. The topological polar surface area (TPSA) is 46.5 Å². The molecule has 0 unspecified atom stereocenters. The fourth-order valence-electron chi connectivity index (χ4n) is 2.54. The zero-order valence-corrected chi connectivity index (χ0v) is 17.8. The highest BCUT2D eigenvalue weighted by atomic mass is 79.9. The molecular weight excluding hydrogens is 458 g/mol. The second kappa shape index (κ2) is 8.73. The van der Waals surface area contributed by atoms with Crippen molar-refractivity contribution in [2.75, 3.05) is 5.43 Å². The maximum absolute atomic E-state index is 5.90. The molecule has 0 saturated heterocycles. The van der Waals surface area contributed by atoms with E-state index in [1.165, 1.54) is 0 Å². The van der Waals surface area contributed by atoms with Gasteiger partial charge in [0.1, 0.15) is 12.4 Å². The van der Waals surface area contributed by atoms with Gasteiger partial charge in [-0.1, -0.05) is 47.2 Å². The van der Waals surface area contributed by atoms with Crippen LogP contribution in [0.4, 0.5) is 5.13 Å². The highest BCUT2D eigenvalue weighted by molar-refractivity contribution is 9.10. The maximum Gasteiger partial charge on any atom is 0.204 e. The monoisotopic (exact) mass is 471 g/mol. The molecular formula is C21H15BrClN3OS. The van der Waals surface area contributed by atoms with Gasteiger partial charge in [-0.3, -0.25) is 5.43 Å². The molecule has 7 heteroatoms. The summed E-state index contributed by atoms with van der Waals surface area (Å²) in [6.45, 7) is 0.475. The first-order valence-corrected chi connectivity index (χ1v) is 10.5. The SMILES string of the molecule is Clc1ccc(COc2ccc(/C=N/Nc3nc4ccccc4s3)cc2Br)cc1. The van der Waals surface area contributed by atoms with Crippen molar-refractivity contribution in [3.8, 4) is 5.75 Å². The number of fused-ring (bicyclic) bond motifs is 1. The number of para-hydroxylation sites is 1. The van der Waals surface area contributed by atoms with E-state index < -0.39 is 0 Å². The van der Waals surface area contributed by atoms with Crippen LogP contribution in [-0.2, 0) is 6.61 Å². The first-order valence-electron chi connectivity index (χ1n) is 8.49. The number of aromatic nitrogens is 1. The fourth-order valence-corrected chi connectivity index (χ4v) is 3.99. The Balaban J connectivity index is 1.38. The van der Waals surface area contributed by atoms with Gasteiger partial charge in [-0.25, -0.2) is 4.98 Å².